The van der Waals surface area contributed by atoms with E-state index in [0.717, 1.165) is 33.4 Å². The zero-order valence-electron chi connectivity index (χ0n) is 24.0. The summed E-state index contributed by atoms with van der Waals surface area (Å²) in [6.45, 7) is 0.417. The number of thioether (sulfide) groups is 1. The van der Waals surface area contributed by atoms with Gasteiger partial charge in [0.05, 0.1) is 24.4 Å². The maximum absolute atomic E-state index is 12.4. The molecule has 2 N–H and O–H groups in total. The second-order valence-electron chi connectivity index (χ2n) is 10.4. The Hall–Kier alpha value is -4.41. The predicted molar refractivity (Wildman–Crippen MR) is 168 cm³/mol. The number of ether oxygens (including phenoxy) is 2. The van der Waals surface area contributed by atoms with Crippen LogP contribution in [0, 0.1) is 0 Å². The SMILES string of the molecule is O=C(NCc1cccc(-c2ccc(C3OC(CSc4ncccn4)CC(c4ccc(CO)cc4)O3)cc2)c1)c1cccnc1. The number of aromatic nitrogens is 3. The summed E-state index contributed by atoms with van der Waals surface area (Å²) < 4.78 is 13.0. The van der Waals surface area contributed by atoms with Crippen molar-refractivity contribution in [3.05, 3.63) is 144 Å². The number of benzene rings is 3. The molecule has 222 valence electrons. The molecule has 0 saturated carbocycles. The monoisotopic (exact) mass is 604 g/mol. The normalized spacial score (nSPS) is 18.1. The van der Waals surface area contributed by atoms with Crippen LogP contribution < -0.4 is 5.32 Å². The molecule has 0 aliphatic carbocycles. The van der Waals surface area contributed by atoms with E-state index in [0.29, 0.717) is 29.4 Å². The van der Waals surface area contributed by atoms with Gasteiger partial charge in [-0.25, -0.2) is 9.97 Å². The fourth-order valence-corrected chi connectivity index (χ4v) is 5.85. The van der Waals surface area contributed by atoms with Crippen LogP contribution in [0.4, 0.5) is 0 Å². The van der Waals surface area contributed by atoms with Crippen molar-refractivity contribution < 1.29 is 19.4 Å². The summed E-state index contributed by atoms with van der Waals surface area (Å²) >= 11 is 1.57. The van der Waals surface area contributed by atoms with Gasteiger partial charge in [-0.3, -0.25) is 9.78 Å². The van der Waals surface area contributed by atoms with Crippen LogP contribution in [-0.2, 0) is 22.6 Å². The first-order valence-electron chi connectivity index (χ1n) is 14.4. The molecule has 44 heavy (non-hydrogen) atoms. The summed E-state index contributed by atoms with van der Waals surface area (Å²) in [7, 11) is 0. The van der Waals surface area contributed by atoms with E-state index in [-0.39, 0.29) is 24.7 Å². The van der Waals surface area contributed by atoms with Crippen LogP contribution in [0.3, 0.4) is 0 Å². The summed E-state index contributed by atoms with van der Waals surface area (Å²) in [5.41, 5.74) is 6.47. The number of hydrogen-bond acceptors (Lipinski definition) is 8. The molecule has 1 fully saturated rings. The molecular weight excluding hydrogens is 572 g/mol. The van der Waals surface area contributed by atoms with Gasteiger partial charge in [0, 0.05) is 49.1 Å². The average molecular weight is 605 g/mol. The third-order valence-corrected chi connectivity index (χ3v) is 8.38. The lowest BCUT2D eigenvalue weighted by Crippen LogP contribution is -2.31. The second kappa shape index (κ2) is 14.4. The Balaban J connectivity index is 1.15. The minimum atomic E-state index is -0.545. The summed E-state index contributed by atoms with van der Waals surface area (Å²) in [5, 5.41) is 13.2. The van der Waals surface area contributed by atoms with Crippen LogP contribution >= 0.6 is 11.8 Å². The lowest BCUT2D eigenvalue weighted by molar-refractivity contribution is -0.245. The average Bonchev–Trinajstić information content (AvgIpc) is 3.10. The molecule has 0 spiro atoms. The van der Waals surface area contributed by atoms with Gasteiger partial charge in [0.1, 0.15) is 0 Å². The maximum atomic E-state index is 12.4. The fourth-order valence-electron chi connectivity index (χ4n) is 5.03. The molecule has 2 aromatic heterocycles. The van der Waals surface area contributed by atoms with E-state index in [2.05, 4.69) is 44.5 Å². The molecule has 3 heterocycles. The van der Waals surface area contributed by atoms with Crippen LogP contribution in [0.2, 0.25) is 0 Å². The third kappa shape index (κ3) is 7.56. The van der Waals surface area contributed by atoms with Crippen molar-refractivity contribution in [2.45, 2.75) is 43.2 Å². The van der Waals surface area contributed by atoms with Crippen molar-refractivity contribution in [3.63, 3.8) is 0 Å². The Labute approximate surface area is 260 Å². The molecule has 9 heteroatoms. The number of nitrogens with zero attached hydrogens (tertiary/aromatic N) is 3. The molecule has 1 saturated heterocycles. The van der Waals surface area contributed by atoms with E-state index in [9.17, 15) is 9.90 Å². The van der Waals surface area contributed by atoms with Crippen molar-refractivity contribution >= 4 is 17.7 Å². The van der Waals surface area contributed by atoms with Gasteiger partial charge in [0.15, 0.2) is 11.4 Å². The summed E-state index contributed by atoms with van der Waals surface area (Å²) in [6.07, 6.45) is 6.58. The molecule has 0 radical (unpaired) electrons. The van der Waals surface area contributed by atoms with Gasteiger partial charge in [-0.1, -0.05) is 78.5 Å². The van der Waals surface area contributed by atoms with E-state index in [1.165, 1.54) is 0 Å². The molecule has 6 rings (SSSR count). The number of aliphatic hydroxyl groups is 1. The first-order valence-corrected chi connectivity index (χ1v) is 15.4. The van der Waals surface area contributed by atoms with Crippen LogP contribution in [0.15, 0.2) is 121 Å². The van der Waals surface area contributed by atoms with Gasteiger partial charge >= 0.3 is 0 Å². The molecule has 5 aromatic rings. The highest BCUT2D eigenvalue weighted by Crippen LogP contribution is 2.39. The number of aliphatic hydroxyl groups excluding tert-OH is 1. The quantitative estimate of drug-likeness (QED) is 0.141. The van der Waals surface area contributed by atoms with E-state index in [1.54, 1.807) is 54.7 Å². The van der Waals surface area contributed by atoms with Crippen molar-refractivity contribution in [3.8, 4) is 11.1 Å². The van der Waals surface area contributed by atoms with Crippen molar-refractivity contribution in [2.24, 2.45) is 0 Å². The van der Waals surface area contributed by atoms with Gasteiger partial charge in [-0.05, 0) is 52.1 Å². The van der Waals surface area contributed by atoms with E-state index in [1.807, 2.05) is 48.5 Å². The Morgan fingerprint density at radius 3 is 2.39 bits per heavy atom. The van der Waals surface area contributed by atoms with Gasteiger partial charge in [0.2, 0.25) is 0 Å². The lowest BCUT2D eigenvalue weighted by Gasteiger charge is -2.36. The minimum absolute atomic E-state index is 0.00315. The smallest absolute Gasteiger partial charge is 0.253 e. The molecule has 3 aromatic carbocycles. The van der Waals surface area contributed by atoms with Crippen molar-refractivity contribution in [1.82, 2.24) is 20.3 Å². The molecular formula is C35H32N4O4S. The van der Waals surface area contributed by atoms with Gasteiger partial charge in [-0.2, -0.15) is 0 Å². The number of rotatable bonds is 10. The third-order valence-electron chi connectivity index (χ3n) is 7.38. The maximum Gasteiger partial charge on any atom is 0.253 e. The molecule has 8 nitrogen and oxygen atoms in total. The Kier molecular flexibility index (Phi) is 9.69. The van der Waals surface area contributed by atoms with Gasteiger partial charge in [-0.15, -0.1) is 0 Å². The molecule has 1 aliphatic heterocycles. The van der Waals surface area contributed by atoms with Gasteiger partial charge in [0.25, 0.3) is 5.91 Å². The molecule has 1 amide bonds. The summed E-state index contributed by atoms with van der Waals surface area (Å²) in [5.74, 6) is 0.535. The summed E-state index contributed by atoms with van der Waals surface area (Å²) in [6, 6.07) is 29.5. The summed E-state index contributed by atoms with van der Waals surface area (Å²) in [4.78, 5) is 25.1. The second-order valence-corrected chi connectivity index (χ2v) is 11.4. The fraction of sp³-hybridized carbons (Fsp3) is 0.200. The highest BCUT2D eigenvalue weighted by molar-refractivity contribution is 7.99. The van der Waals surface area contributed by atoms with Crippen LogP contribution in [-0.4, -0.2) is 37.8 Å². The first kappa shape index (κ1) is 29.7. The zero-order chi connectivity index (χ0) is 30.1. The van der Waals surface area contributed by atoms with E-state index in [4.69, 9.17) is 9.47 Å². The molecule has 3 atom stereocenters. The number of pyridine rings is 1. The standard InChI is InChI=1S/C35H32N4O4S/c40-22-24-7-9-27(10-8-24)32-19-31(23-44-35-37-16-3-17-38-35)42-34(43-32)28-13-11-26(12-14-28)29-5-1-4-25(18-29)20-39-33(41)30-6-2-15-36-21-30/h1-18,21,31-32,34,40H,19-20,22-23H2,(H,39,41). The Bertz CT molecular complexity index is 1650. The topological polar surface area (TPSA) is 106 Å². The highest BCUT2D eigenvalue weighted by atomic mass is 32.2. The lowest BCUT2D eigenvalue weighted by atomic mass is 9.99. The number of carbonyl (C=O) groups excluding carboxylic acids is 1. The van der Waals surface area contributed by atoms with Crippen molar-refractivity contribution in [2.75, 3.05) is 5.75 Å². The highest BCUT2D eigenvalue weighted by Gasteiger charge is 2.32. The number of carbonyl (C=O) groups is 1. The van der Waals surface area contributed by atoms with Crippen molar-refractivity contribution in [1.29, 1.82) is 0 Å². The van der Waals surface area contributed by atoms with Crippen LogP contribution in [0.1, 0.15) is 51.4 Å². The number of nitrogens with one attached hydrogen (secondary N) is 1. The molecule has 0 bridgehead atoms. The number of amides is 1. The largest absolute Gasteiger partial charge is 0.392 e. The number of hydrogen-bond donors (Lipinski definition) is 2. The molecule has 1 aliphatic rings. The Morgan fingerprint density at radius 1 is 0.841 bits per heavy atom. The zero-order valence-corrected chi connectivity index (χ0v) is 24.8. The van der Waals surface area contributed by atoms with Crippen LogP contribution in [0.5, 0.6) is 0 Å². The van der Waals surface area contributed by atoms with E-state index >= 15 is 0 Å². The molecule has 3 unspecified atom stereocenters. The predicted octanol–water partition coefficient (Wildman–Crippen LogP) is 6.30. The van der Waals surface area contributed by atoms with Gasteiger partial charge < -0.3 is 19.9 Å². The minimum Gasteiger partial charge on any atom is -0.392 e. The Morgan fingerprint density at radius 2 is 1.64 bits per heavy atom. The van der Waals surface area contributed by atoms with E-state index < -0.39 is 6.29 Å². The first-order chi connectivity index (χ1) is 21.6. The van der Waals surface area contributed by atoms with Crippen LogP contribution in [0.25, 0.3) is 11.1 Å².